The molecular formula is C24H21ClFN3O4S2. The number of sulfonamides is 1. The summed E-state index contributed by atoms with van der Waals surface area (Å²) >= 11 is 7.11. The molecule has 1 amide bonds. The fraction of sp³-hybridized carbons (Fsp3) is 0.250. The van der Waals surface area contributed by atoms with Gasteiger partial charge in [0.1, 0.15) is 17.1 Å². The fourth-order valence-corrected chi connectivity index (χ4v) is 6.79. The number of carbonyl (C=O) groups is 1. The molecule has 1 saturated heterocycles. The Morgan fingerprint density at radius 3 is 2.71 bits per heavy atom. The molecule has 2 aromatic heterocycles. The van der Waals surface area contributed by atoms with Crippen LogP contribution in [-0.2, 0) is 21.4 Å². The number of aromatic nitrogens is 1. The van der Waals surface area contributed by atoms with Crippen LogP contribution in [-0.4, -0.2) is 36.7 Å². The number of piperidine rings is 1. The van der Waals surface area contributed by atoms with Crippen LogP contribution in [0.1, 0.15) is 18.6 Å². The number of anilines is 1. The Kier molecular flexibility index (Phi) is 6.63. The molecule has 3 heterocycles. The smallest absolute Gasteiger partial charge is 0.243 e. The lowest BCUT2D eigenvalue weighted by Crippen LogP contribution is -2.46. The molecule has 0 aliphatic carbocycles. The molecule has 1 unspecified atom stereocenters. The molecule has 1 atom stereocenters. The van der Waals surface area contributed by atoms with Gasteiger partial charge < -0.3 is 4.42 Å². The van der Waals surface area contributed by atoms with Gasteiger partial charge in [-0.2, -0.15) is 4.31 Å². The molecule has 7 nitrogen and oxygen atoms in total. The second kappa shape index (κ2) is 9.69. The summed E-state index contributed by atoms with van der Waals surface area (Å²) in [4.78, 5) is 19.7. The molecule has 35 heavy (non-hydrogen) atoms. The summed E-state index contributed by atoms with van der Waals surface area (Å²) in [5.41, 5.74) is 0.195. The maximum Gasteiger partial charge on any atom is 0.243 e. The highest BCUT2D eigenvalue weighted by Gasteiger charge is 2.36. The van der Waals surface area contributed by atoms with E-state index in [1.165, 1.54) is 57.1 Å². The minimum atomic E-state index is -3.79. The number of halogens is 2. The fourth-order valence-electron chi connectivity index (χ4n) is 4.16. The van der Waals surface area contributed by atoms with Crippen molar-refractivity contribution < 1.29 is 22.0 Å². The van der Waals surface area contributed by atoms with Gasteiger partial charge in [-0.1, -0.05) is 29.0 Å². The molecule has 0 saturated carbocycles. The third-order valence-corrected chi connectivity index (χ3v) is 9.11. The average Bonchev–Trinajstić information content (AvgIpc) is 3.53. The Labute approximate surface area is 210 Å². The monoisotopic (exact) mass is 533 g/mol. The van der Waals surface area contributed by atoms with Gasteiger partial charge >= 0.3 is 0 Å². The van der Waals surface area contributed by atoms with Gasteiger partial charge in [-0.3, -0.25) is 9.69 Å². The molecule has 182 valence electrons. The van der Waals surface area contributed by atoms with Crippen LogP contribution in [0.3, 0.4) is 0 Å². The number of carbonyl (C=O) groups excluding carboxylic acids is 1. The van der Waals surface area contributed by atoms with E-state index in [1.54, 1.807) is 24.3 Å². The third kappa shape index (κ3) is 4.84. The maximum absolute atomic E-state index is 14.3. The Morgan fingerprint density at radius 1 is 1.20 bits per heavy atom. The lowest BCUT2D eigenvalue weighted by Gasteiger charge is -2.33. The standard InChI is InChI=1S/C24H21ClFN3O4S2/c25-17-8-10-19(11-9-17)35(31,32)28-12-2-4-16(14-28)23(30)29(15-18-5-3-13-33-18)24-27-22-20(26)6-1-7-21(22)34-24/h1,3,5-11,13,16H,2,4,12,14-15H2. The Hall–Kier alpha value is -2.79. The number of furan rings is 1. The van der Waals surface area contributed by atoms with E-state index in [9.17, 15) is 17.6 Å². The molecule has 0 bridgehead atoms. The molecule has 1 fully saturated rings. The van der Waals surface area contributed by atoms with Gasteiger partial charge in [0.15, 0.2) is 5.13 Å². The van der Waals surface area contributed by atoms with Crippen molar-refractivity contribution >= 4 is 54.2 Å². The van der Waals surface area contributed by atoms with Gasteiger partial charge in [0.05, 0.1) is 28.3 Å². The summed E-state index contributed by atoms with van der Waals surface area (Å²) in [6.07, 6.45) is 2.57. The molecule has 5 rings (SSSR count). The number of amides is 1. The quantitative estimate of drug-likeness (QED) is 0.335. The van der Waals surface area contributed by atoms with E-state index in [0.29, 0.717) is 40.0 Å². The summed E-state index contributed by atoms with van der Waals surface area (Å²) < 4.78 is 48.1. The number of nitrogens with zero attached hydrogens (tertiary/aromatic N) is 3. The van der Waals surface area contributed by atoms with E-state index < -0.39 is 21.8 Å². The number of rotatable bonds is 6. The van der Waals surface area contributed by atoms with E-state index in [0.717, 1.165) is 0 Å². The first-order valence-corrected chi connectivity index (χ1v) is 13.6. The lowest BCUT2D eigenvalue weighted by atomic mass is 9.98. The number of thiazole rings is 1. The molecule has 0 N–H and O–H groups in total. The molecule has 0 radical (unpaired) electrons. The topological polar surface area (TPSA) is 83.7 Å². The van der Waals surface area contributed by atoms with Crippen molar-refractivity contribution in [2.45, 2.75) is 24.3 Å². The minimum Gasteiger partial charge on any atom is -0.467 e. The number of para-hydroxylation sites is 1. The second-order valence-electron chi connectivity index (χ2n) is 8.24. The van der Waals surface area contributed by atoms with Gasteiger partial charge in [-0.25, -0.2) is 17.8 Å². The number of hydrogen-bond donors (Lipinski definition) is 0. The van der Waals surface area contributed by atoms with Crippen molar-refractivity contribution in [1.29, 1.82) is 0 Å². The highest BCUT2D eigenvalue weighted by Crippen LogP contribution is 2.34. The average molecular weight is 534 g/mol. The van der Waals surface area contributed by atoms with Gasteiger partial charge in [0.2, 0.25) is 15.9 Å². The second-order valence-corrected chi connectivity index (χ2v) is 11.6. The predicted molar refractivity (Wildman–Crippen MR) is 132 cm³/mol. The number of fused-ring (bicyclic) bond motifs is 1. The highest BCUT2D eigenvalue weighted by atomic mass is 35.5. The largest absolute Gasteiger partial charge is 0.467 e. The van der Waals surface area contributed by atoms with Gasteiger partial charge in [0, 0.05) is 18.1 Å². The molecule has 1 aliphatic rings. The van der Waals surface area contributed by atoms with Crippen LogP contribution >= 0.6 is 22.9 Å². The van der Waals surface area contributed by atoms with Gasteiger partial charge in [-0.15, -0.1) is 0 Å². The molecule has 2 aromatic carbocycles. The summed E-state index contributed by atoms with van der Waals surface area (Å²) in [5.74, 6) is -0.789. The number of hydrogen-bond acceptors (Lipinski definition) is 6. The Balaban J connectivity index is 1.44. The Morgan fingerprint density at radius 2 is 2.00 bits per heavy atom. The zero-order valence-electron chi connectivity index (χ0n) is 18.4. The zero-order chi connectivity index (χ0) is 24.6. The van der Waals surface area contributed by atoms with E-state index in [-0.39, 0.29) is 29.4 Å². The van der Waals surface area contributed by atoms with E-state index >= 15 is 0 Å². The van der Waals surface area contributed by atoms with Crippen molar-refractivity contribution in [1.82, 2.24) is 9.29 Å². The summed E-state index contributed by atoms with van der Waals surface area (Å²) in [7, 11) is -3.79. The SMILES string of the molecule is O=C(C1CCCN(S(=O)(=O)c2ccc(Cl)cc2)C1)N(Cc1ccco1)c1nc2c(F)cccc2s1. The van der Waals surface area contributed by atoms with Gasteiger partial charge in [-0.05, 0) is 61.4 Å². The number of benzene rings is 2. The van der Waals surface area contributed by atoms with Crippen LogP contribution in [0.15, 0.2) is 70.2 Å². The van der Waals surface area contributed by atoms with Crippen molar-refractivity contribution in [3.8, 4) is 0 Å². The summed E-state index contributed by atoms with van der Waals surface area (Å²) in [6.45, 7) is 0.463. The minimum absolute atomic E-state index is 0.0394. The van der Waals surface area contributed by atoms with E-state index in [1.807, 2.05) is 0 Å². The first-order chi connectivity index (χ1) is 16.8. The normalized spacial score (nSPS) is 17.0. The first-order valence-electron chi connectivity index (χ1n) is 11.0. The molecule has 0 spiro atoms. The molecular weight excluding hydrogens is 513 g/mol. The third-order valence-electron chi connectivity index (χ3n) is 5.93. The van der Waals surface area contributed by atoms with Crippen LogP contribution in [0.4, 0.5) is 9.52 Å². The van der Waals surface area contributed by atoms with Crippen LogP contribution in [0.2, 0.25) is 5.02 Å². The maximum atomic E-state index is 14.3. The molecule has 11 heteroatoms. The van der Waals surface area contributed by atoms with Crippen LogP contribution < -0.4 is 4.90 Å². The lowest BCUT2D eigenvalue weighted by molar-refractivity contribution is -0.123. The van der Waals surface area contributed by atoms with Crippen molar-refractivity contribution in [3.05, 3.63) is 77.5 Å². The first kappa shape index (κ1) is 23.9. The van der Waals surface area contributed by atoms with Crippen LogP contribution in [0, 0.1) is 11.7 Å². The summed E-state index contributed by atoms with van der Waals surface area (Å²) in [6, 6.07) is 14.1. The molecule has 1 aliphatic heterocycles. The van der Waals surface area contributed by atoms with Crippen molar-refractivity contribution in [2.24, 2.45) is 5.92 Å². The molecule has 4 aromatic rings. The Bertz CT molecular complexity index is 1460. The van der Waals surface area contributed by atoms with Crippen molar-refractivity contribution in [2.75, 3.05) is 18.0 Å². The summed E-state index contributed by atoms with van der Waals surface area (Å²) in [5, 5.41) is 0.778. The van der Waals surface area contributed by atoms with Crippen LogP contribution in [0.25, 0.3) is 10.2 Å². The zero-order valence-corrected chi connectivity index (χ0v) is 20.8. The van der Waals surface area contributed by atoms with E-state index in [4.69, 9.17) is 16.0 Å². The van der Waals surface area contributed by atoms with E-state index in [2.05, 4.69) is 4.98 Å². The van der Waals surface area contributed by atoms with Gasteiger partial charge in [0.25, 0.3) is 0 Å². The predicted octanol–water partition coefficient (Wildman–Crippen LogP) is 5.32. The highest BCUT2D eigenvalue weighted by molar-refractivity contribution is 7.89. The van der Waals surface area contributed by atoms with Crippen LogP contribution in [0.5, 0.6) is 0 Å². The van der Waals surface area contributed by atoms with Crippen molar-refractivity contribution in [3.63, 3.8) is 0 Å².